The van der Waals surface area contributed by atoms with Crippen molar-refractivity contribution in [3.63, 3.8) is 0 Å². The molecule has 0 aromatic heterocycles. The number of hydrogen-bond donors (Lipinski definition) is 2. The smallest absolute Gasteiger partial charge is 0.412 e. The molecule has 2 aromatic rings. The first kappa shape index (κ1) is 22.7. The van der Waals surface area contributed by atoms with Gasteiger partial charge in [0.25, 0.3) is 5.91 Å². The molecule has 0 unspecified atom stereocenters. The van der Waals surface area contributed by atoms with Crippen LogP contribution in [-0.2, 0) is 11.3 Å². The van der Waals surface area contributed by atoms with Crippen LogP contribution in [0.4, 0.5) is 14.9 Å². The van der Waals surface area contributed by atoms with Crippen LogP contribution >= 0.6 is 0 Å². The molecule has 7 heteroatoms. The third kappa shape index (κ3) is 6.79. The zero-order chi connectivity index (χ0) is 22.4. The van der Waals surface area contributed by atoms with Crippen molar-refractivity contribution in [2.45, 2.75) is 51.8 Å². The number of amides is 2. The number of ether oxygens (including phenoxy) is 1. The number of hydrogen-bond acceptors (Lipinski definition) is 4. The van der Waals surface area contributed by atoms with Gasteiger partial charge in [0, 0.05) is 25.7 Å². The Kier molecular flexibility index (Phi) is 7.28. The normalized spacial score (nSPS) is 15.4. The van der Waals surface area contributed by atoms with Crippen molar-refractivity contribution in [1.82, 2.24) is 10.2 Å². The summed E-state index contributed by atoms with van der Waals surface area (Å²) in [5, 5.41) is 5.37. The van der Waals surface area contributed by atoms with E-state index in [0.29, 0.717) is 0 Å². The molecule has 3 rings (SSSR count). The number of carbonyl (C=O) groups excluding carboxylic acids is 2. The molecule has 0 bridgehead atoms. The van der Waals surface area contributed by atoms with Gasteiger partial charge in [-0.15, -0.1) is 0 Å². The molecule has 2 N–H and O–H groups in total. The average molecular weight is 428 g/mol. The Bertz CT molecular complexity index is 904. The van der Waals surface area contributed by atoms with Gasteiger partial charge in [0.2, 0.25) is 0 Å². The number of benzene rings is 2. The molecule has 0 atom stereocenters. The summed E-state index contributed by atoms with van der Waals surface area (Å²) in [6, 6.07) is 14.4. The minimum absolute atomic E-state index is 0.00262. The molecule has 1 fully saturated rings. The summed E-state index contributed by atoms with van der Waals surface area (Å²) in [5.41, 5.74) is 0.446. The van der Waals surface area contributed by atoms with Gasteiger partial charge in [-0.1, -0.05) is 36.4 Å². The highest BCUT2D eigenvalue weighted by molar-refractivity contribution is 6.03. The molecule has 166 valence electrons. The summed E-state index contributed by atoms with van der Waals surface area (Å²) in [7, 11) is 0. The zero-order valence-corrected chi connectivity index (χ0v) is 18.3. The first-order valence-corrected chi connectivity index (χ1v) is 10.6. The molecule has 1 saturated heterocycles. The van der Waals surface area contributed by atoms with Gasteiger partial charge in [-0.2, -0.15) is 0 Å². The van der Waals surface area contributed by atoms with Crippen LogP contribution in [0.2, 0.25) is 0 Å². The van der Waals surface area contributed by atoms with E-state index in [2.05, 4.69) is 27.7 Å². The van der Waals surface area contributed by atoms with Crippen molar-refractivity contribution < 1.29 is 18.7 Å². The van der Waals surface area contributed by atoms with E-state index < -0.39 is 23.4 Å². The van der Waals surface area contributed by atoms with Crippen LogP contribution < -0.4 is 10.6 Å². The number of likely N-dealkylation sites (tertiary alicyclic amines) is 1. The second-order valence-electron chi connectivity index (χ2n) is 8.80. The topological polar surface area (TPSA) is 70.7 Å². The number of para-hydroxylation sites is 1. The van der Waals surface area contributed by atoms with Crippen LogP contribution in [0.3, 0.4) is 0 Å². The predicted octanol–water partition coefficient (Wildman–Crippen LogP) is 4.57. The molecular formula is C24H30FN3O3. The molecule has 31 heavy (non-hydrogen) atoms. The maximum atomic E-state index is 14.4. The number of anilines is 1. The minimum Gasteiger partial charge on any atom is -0.444 e. The Balaban J connectivity index is 1.58. The fourth-order valence-electron chi connectivity index (χ4n) is 3.59. The number of rotatable bonds is 5. The Morgan fingerprint density at radius 3 is 2.39 bits per heavy atom. The van der Waals surface area contributed by atoms with Crippen molar-refractivity contribution >= 4 is 17.7 Å². The zero-order valence-electron chi connectivity index (χ0n) is 18.3. The quantitative estimate of drug-likeness (QED) is 0.734. The Hall–Kier alpha value is -2.93. The minimum atomic E-state index is -0.805. The van der Waals surface area contributed by atoms with E-state index in [1.807, 2.05) is 18.2 Å². The molecule has 0 aliphatic carbocycles. The van der Waals surface area contributed by atoms with Crippen molar-refractivity contribution in [3.05, 3.63) is 65.5 Å². The average Bonchev–Trinajstić information content (AvgIpc) is 2.70. The second kappa shape index (κ2) is 9.92. The van der Waals surface area contributed by atoms with E-state index in [1.165, 1.54) is 23.8 Å². The summed E-state index contributed by atoms with van der Waals surface area (Å²) in [5.74, 6) is -1.09. The fraction of sp³-hybridized carbons (Fsp3) is 0.417. The molecular weight excluding hydrogens is 397 g/mol. The maximum Gasteiger partial charge on any atom is 0.412 e. The Morgan fingerprint density at radius 2 is 1.74 bits per heavy atom. The Labute approximate surface area is 182 Å². The summed E-state index contributed by atoms with van der Waals surface area (Å²) in [6.07, 6.45) is 0.812. The predicted molar refractivity (Wildman–Crippen MR) is 118 cm³/mol. The third-order valence-electron chi connectivity index (χ3n) is 5.06. The van der Waals surface area contributed by atoms with E-state index in [9.17, 15) is 14.0 Å². The van der Waals surface area contributed by atoms with Crippen LogP contribution in [0.15, 0.2) is 48.5 Å². The van der Waals surface area contributed by atoms with Gasteiger partial charge in [0.05, 0.1) is 11.3 Å². The lowest BCUT2D eigenvalue weighted by Crippen LogP contribution is -2.44. The maximum absolute atomic E-state index is 14.4. The van der Waals surface area contributed by atoms with E-state index in [4.69, 9.17) is 4.74 Å². The third-order valence-corrected chi connectivity index (χ3v) is 5.06. The Morgan fingerprint density at radius 1 is 1.06 bits per heavy atom. The molecule has 1 aliphatic rings. The molecule has 6 nitrogen and oxygen atoms in total. The molecule has 2 amide bonds. The van der Waals surface area contributed by atoms with E-state index in [-0.39, 0.29) is 17.3 Å². The molecule has 1 heterocycles. The lowest BCUT2D eigenvalue weighted by molar-refractivity contribution is 0.0635. The largest absolute Gasteiger partial charge is 0.444 e. The van der Waals surface area contributed by atoms with Crippen molar-refractivity contribution in [2.75, 3.05) is 18.4 Å². The fourth-order valence-corrected chi connectivity index (χ4v) is 3.59. The highest BCUT2D eigenvalue weighted by Crippen LogP contribution is 2.22. The van der Waals surface area contributed by atoms with Gasteiger partial charge >= 0.3 is 6.09 Å². The first-order chi connectivity index (χ1) is 14.7. The highest BCUT2D eigenvalue weighted by Gasteiger charge is 2.25. The summed E-state index contributed by atoms with van der Waals surface area (Å²) < 4.78 is 19.6. The number of carbonyl (C=O) groups is 2. The van der Waals surface area contributed by atoms with E-state index in [1.54, 1.807) is 20.8 Å². The van der Waals surface area contributed by atoms with Crippen molar-refractivity contribution in [3.8, 4) is 0 Å². The first-order valence-electron chi connectivity index (χ1n) is 10.6. The summed E-state index contributed by atoms with van der Waals surface area (Å²) >= 11 is 0. The molecule has 0 radical (unpaired) electrons. The molecule has 2 aromatic carbocycles. The summed E-state index contributed by atoms with van der Waals surface area (Å²) in [6.45, 7) is 7.76. The lowest BCUT2D eigenvalue weighted by Gasteiger charge is -2.32. The highest BCUT2D eigenvalue weighted by atomic mass is 19.1. The number of halogens is 1. The molecule has 0 spiro atoms. The van der Waals surface area contributed by atoms with Gasteiger partial charge in [0.1, 0.15) is 11.4 Å². The van der Waals surface area contributed by atoms with E-state index in [0.717, 1.165) is 32.5 Å². The van der Waals surface area contributed by atoms with Crippen molar-refractivity contribution in [1.29, 1.82) is 0 Å². The van der Waals surface area contributed by atoms with Crippen molar-refractivity contribution in [2.24, 2.45) is 0 Å². The van der Waals surface area contributed by atoms with Crippen LogP contribution in [0.5, 0.6) is 0 Å². The van der Waals surface area contributed by atoms with Gasteiger partial charge in [-0.3, -0.25) is 15.0 Å². The van der Waals surface area contributed by atoms with Gasteiger partial charge in [0.15, 0.2) is 0 Å². The summed E-state index contributed by atoms with van der Waals surface area (Å²) in [4.78, 5) is 27.3. The van der Waals surface area contributed by atoms with Crippen LogP contribution in [0, 0.1) is 5.82 Å². The standard InChI is InChI=1S/C24H30FN3O3/c1-24(2,3)31-23(30)27-21-19(10-7-11-20(21)25)22(29)26-18-12-14-28(15-13-18)16-17-8-5-4-6-9-17/h4-11,18H,12-16H2,1-3H3,(H,26,29)(H,27,30). The molecule has 0 saturated carbocycles. The van der Waals surface area contributed by atoms with Crippen LogP contribution in [0.1, 0.15) is 49.5 Å². The van der Waals surface area contributed by atoms with Gasteiger partial charge in [-0.05, 0) is 51.3 Å². The molecule has 1 aliphatic heterocycles. The van der Waals surface area contributed by atoms with Gasteiger partial charge < -0.3 is 10.1 Å². The van der Waals surface area contributed by atoms with Crippen LogP contribution in [0.25, 0.3) is 0 Å². The number of nitrogens with one attached hydrogen (secondary N) is 2. The SMILES string of the molecule is CC(C)(C)OC(=O)Nc1c(F)cccc1C(=O)NC1CCN(Cc2ccccc2)CC1. The number of nitrogens with zero attached hydrogens (tertiary/aromatic N) is 1. The lowest BCUT2D eigenvalue weighted by atomic mass is 10.0. The van der Waals surface area contributed by atoms with Crippen LogP contribution in [-0.4, -0.2) is 41.6 Å². The van der Waals surface area contributed by atoms with E-state index >= 15 is 0 Å². The number of piperidine rings is 1. The second-order valence-corrected chi connectivity index (χ2v) is 8.80. The van der Waals surface area contributed by atoms with Gasteiger partial charge in [-0.25, -0.2) is 9.18 Å². The monoisotopic (exact) mass is 427 g/mol.